The Morgan fingerprint density at radius 3 is 2.62 bits per heavy atom. The minimum absolute atomic E-state index is 0.104. The average molecular weight is 179 g/mol. The minimum Gasteiger partial charge on any atom is -0.382 e. The normalized spacial score (nSPS) is 12.8. The van der Waals surface area contributed by atoms with Gasteiger partial charge >= 0.3 is 0 Å². The summed E-state index contributed by atoms with van der Waals surface area (Å²) < 4.78 is 5.25. The summed E-state index contributed by atoms with van der Waals surface area (Å²) in [6, 6.07) is 10.2. The second-order valence-corrected chi connectivity index (χ2v) is 3.00. The van der Waals surface area contributed by atoms with Gasteiger partial charge in [-0.3, -0.25) is 0 Å². The first kappa shape index (κ1) is 10.2. The first-order valence-corrected chi connectivity index (χ1v) is 4.73. The smallest absolute Gasteiger partial charge is 0.0483 e. The highest BCUT2D eigenvalue weighted by atomic mass is 16.5. The first-order chi connectivity index (χ1) is 6.34. The molecule has 0 heterocycles. The van der Waals surface area contributed by atoms with Gasteiger partial charge in [-0.25, -0.2) is 0 Å². The maximum Gasteiger partial charge on any atom is 0.0483 e. The van der Waals surface area contributed by atoms with Gasteiger partial charge in [-0.2, -0.15) is 0 Å². The van der Waals surface area contributed by atoms with Crippen LogP contribution in [0.3, 0.4) is 0 Å². The Bertz CT molecular complexity index is 223. The number of rotatable bonds is 5. The van der Waals surface area contributed by atoms with Crippen molar-refractivity contribution in [3.8, 4) is 0 Å². The van der Waals surface area contributed by atoms with Crippen molar-refractivity contribution in [1.29, 1.82) is 0 Å². The molecule has 0 saturated carbocycles. The van der Waals surface area contributed by atoms with Crippen LogP contribution in [0.5, 0.6) is 0 Å². The summed E-state index contributed by atoms with van der Waals surface area (Å²) >= 11 is 0. The lowest BCUT2D eigenvalue weighted by atomic mass is 10.1. The molecular formula is C11H17NO. The van der Waals surface area contributed by atoms with Crippen molar-refractivity contribution in [3.05, 3.63) is 35.9 Å². The quantitative estimate of drug-likeness (QED) is 0.703. The molecule has 13 heavy (non-hydrogen) atoms. The topological polar surface area (TPSA) is 35.2 Å². The van der Waals surface area contributed by atoms with E-state index in [9.17, 15) is 0 Å². The SMILES string of the molecule is CCOCCC(N)c1ccccc1. The molecule has 0 radical (unpaired) electrons. The van der Waals surface area contributed by atoms with E-state index in [1.165, 1.54) is 5.56 Å². The van der Waals surface area contributed by atoms with Gasteiger partial charge in [0.2, 0.25) is 0 Å². The third kappa shape index (κ3) is 3.57. The van der Waals surface area contributed by atoms with E-state index < -0.39 is 0 Å². The standard InChI is InChI=1S/C11H17NO/c1-2-13-9-8-11(12)10-6-4-3-5-7-10/h3-7,11H,2,8-9,12H2,1H3. The number of ether oxygens (including phenoxy) is 1. The fourth-order valence-corrected chi connectivity index (χ4v) is 1.22. The summed E-state index contributed by atoms with van der Waals surface area (Å²) in [5, 5.41) is 0. The Kier molecular flexibility index (Phi) is 4.50. The highest BCUT2D eigenvalue weighted by Crippen LogP contribution is 2.12. The van der Waals surface area contributed by atoms with Crippen LogP contribution in [0.4, 0.5) is 0 Å². The fourth-order valence-electron chi connectivity index (χ4n) is 1.22. The molecule has 2 N–H and O–H groups in total. The molecule has 0 bridgehead atoms. The van der Waals surface area contributed by atoms with Crippen LogP contribution < -0.4 is 5.73 Å². The molecule has 0 fully saturated rings. The molecule has 1 aromatic carbocycles. The van der Waals surface area contributed by atoms with Crippen LogP contribution >= 0.6 is 0 Å². The molecule has 0 aliphatic rings. The molecule has 1 unspecified atom stereocenters. The Balaban J connectivity index is 2.35. The summed E-state index contributed by atoms with van der Waals surface area (Å²) in [6.07, 6.45) is 0.887. The minimum atomic E-state index is 0.104. The summed E-state index contributed by atoms with van der Waals surface area (Å²) in [6.45, 7) is 3.50. The molecule has 0 aliphatic heterocycles. The van der Waals surface area contributed by atoms with Crippen molar-refractivity contribution < 1.29 is 4.74 Å². The van der Waals surface area contributed by atoms with Crippen LogP contribution in [-0.2, 0) is 4.74 Å². The van der Waals surface area contributed by atoms with Crippen molar-refractivity contribution in [3.63, 3.8) is 0 Å². The highest BCUT2D eigenvalue weighted by molar-refractivity contribution is 5.18. The molecule has 0 spiro atoms. The van der Waals surface area contributed by atoms with E-state index in [1.807, 2.05) is 25.1 Å². The second kappa shape index (κ2) is 5.73. The molecule has 2 heteroatoms. The predicted molar refractivity (Wildman–Crippen MR) is 54.5 cm³/mol. The number of benzene rings is 1. The van der Waals surface area contributed by atoms with Gasteiger partial charge in [0, 0.05) is 19.3 Å². The third-order valence-electron chi connectivity index (χ3n) is 2.01. The van der Waals surface area contributed by atoms with Crippen molar-refractivity contribution in [2.75, 3.05) is 13.2 Å². The zero-order valence-corrected chi connectivity index (χ0v) is 8.07. The lowest BCUT2D eigenvalue weighted by molar-refractivity contribution is 0.140. The molecule has 0 amide bonds. The fraction of sp³-hybridized carbons (Fsp3) is 0.455. The summed E-state index contributed by atoms with van der Waals surface area (Å²) in [4.78, 5) is 0. The molecular weight excluding hydrogens is 162 g/mol. The highest BCUT2D eigenvalue weighted by Gasteiger charge is 2.03. The molecule has 2 nitrogen and oxygen atoms in total. The van der Waals surface area contributed by atoms with Gasteiger partial charge in [-0.1, -0.05) is 30.3 Å². The van der Waals surface area contributed by atoms with Gasteiger partial charge in [0.15, 0.2) is 0 Å². The monoisotopic (exact) mass is 179 g/mol. The number of hydrogen-bond donors (Lipinski definition) is 1. The van der Waals surface area contributed by atoms with Crippen LogP contribution in [0.2, 0.25) is 0 Å². The van der Waals surface area contributed by atoms with Crippen molar-refractivity contribution in [1.82, 2.24) is 0 Å². The van der Waals surface area contributed by atoms with Crippen LogP contribution in [0.15, 0.2) is 30.3 Å². The van der Waals surface area contributed by atoms with Crippen molar-refractivity contribution in [2.45, 2.75) is 19.4 Å². The van der Waals surface area contributed by atoms with Crippen molar-refractivity contribution >= 4 is 0 Å². The third-order valence-corrected chi connectivity index (χ3v) is 2.01. The average Bonchev–Trinajstić information content (AvgIpc) is 2.19. The second-order valence-electron chi connectivity index (χ2n) is 3.00. The van der Waals surface area contributed by atoms with E-state index in [4.69, 9.17) is 10.5 Å². The molecule has 0 aromatic heterocycles. The maximum atomic E-state index is 5.96. The van der Waals surface area contributed by atoms with Crippen LogP contribution in [-0.4, -0.2) is 13.2 Å². The lowest BCUT2D eigenvalue weighted by Crippen LogP contribution is -2.12. The van der Waals surface area contributed by atoms with E-state index in [0.29, 0.717) is 0 Å². The zero-order valence-electron chi connectivity index (χ0n) is 8.07. The van der Waals surface area contributed by atoms with Gasteiger partial charge in [-0.05, 0) is 18.9 Å². The molecule has 1 aromatic rings. The molecule has 1 atom stereocenters. The van der Waals surface area contributed by atoms with E-state index in [1.54, 1.807) is 0 Å². The van der Waals surface area contributed by atoms with Gasteiger partial charge in [0.1, 0.15) is 0 Å². The zero-order chi connectivity index (χ0) is 9.52. The number of nitrogens with two attached hydrogens (primary N) is 1. The lowest BCUT2D eigenvalue weighted by Gasteiger charge is -2.11. The molecule has 0 saturated heterocycles. The van der Waals surface area contributed by atoms with Crippen LogP contribution in [0, 0.1) is 0 Å². The first-order valence-electron chi connectivity index (χ1n) is 4.73. The maximum absolute atomic E-state index is 5.96. The van der Waals surface area contributed by atoms with Crippen LogP contribution in [0.1, 0.15) is 24.9 Å². The number of hydrogen-bond acceptors (Lipinski definition) is 2. The van der Waals surface area contributed by atoms with Crippen molar-refractivity contribution in [2.24, 2.45) is 5.73 Å². The summed E-state index contributed by atoms with van der Waals surface area (Å²) in [5.41, 5.74) is 7.14. The Morgan fingerprint density at radius 1 is 1.31 bits per heavy atom. The van der Waals surface area contributed by atoms with E-state index in [-0.39, 0.29) is 6.04 Å². The summed E-state index contributed by atoms with van der Waals surface area (Å²) in [7, 11) is 0. The summed E-state index contributed by atoms with van der Waals surface area (Å²) in [5.74, 6) is 0. The Labute approximate surface area is 79.7 Å². The molecule has 72 valence electrons. The van der Waals surface area contributed by atoms with E-state index in [0.717, 1.165) is 19.6 Å². The Hall–Kier alpha value is -0.860. The van der Waals surface area contributed by atoms with Gasteiger partial charge in [-0.15, -0.1) is 0 Å². The molecule has 1 rings (SSSR count). The van der Waals surface area contributed by atoms with E-state index >= 15 is 0 Å². The Morgan fingerprint density at radius 2 is 2.00 bits per heavy atom. The van der Waals surface area contributed by atoms with E-state index in [2.05, 4.69) is 12.1 Å². The molecule has 0 aliphatic carbocycles. The van der Waals surface area contributed by atoms with Gasteiger partial charge in [0.05, 0.1) is 0 Å². The van der Waals surface area contributed by atoms with Gasteiger partial charge in [0.25, 0.3) is 0 Å². The largest absolute Gasteiger partial charge is 0.382 e. The predicted octanol–water partition coefficient (Wildman–Crippen LogP) is 2.11. The van der Waals surface area contributed by atoms with Gasteiger partial charge < -0.3 is 10.5 Å². The van der Waals surface area contributed by atoms with Crippen LogP contribution in [0.25, 0.3) is 0 Å².